The van der Waals surface area contributed by atoms with Crippen LogP contribution in [-0.4, -0.2) is 43.7 Å². The van der Waals surface area contributed by atoms with Gasteiger partial charge in [0.25, 0.3) is 5.91 Å². The minimum Gasteiger partial charge on any atom is -0.398 e. The van der Waals surface area contributed by atoms with Crippen LogP contribution in [-0.2, 0) is 17.7 Å². The maximum absolute atomic E-state index is 13.2. The number of nitrogen functional groups attached to an aromatic ring is 1. The molecule has 0 radical (unpaired) electrons. The van der Waals surface area contributed by atoms with E-state index in [0.29, 0.717) is 0 Å². The SMILES string of the molecule is Nc1cccc2c1CCCN2C(=O)c1cccc(CN2CCOCC2)c1. The van der Waals surface area contributed by atoms with E-state index in [0.717, 1.165) is 74.7 Å². The summed E-state index contributed by atoms with van der Waals surface area (Å²) in [6.45, 7) is 5.04. The number of carbonyl (C=O) groups is 1. The number of amides is 1. The van der Waals surface area contributed by atoms with Gasteiger partial charge in [-0.15, -0.1) is 0 Å². The highest BCUT2D eigenvalue weighted by Crippen LogP contribution is 2.32. The molecule has 1 saturated heterocycles. The first-order chi connectivity index (χ1) is 12.7. The molecule has 4 rings (SSSR count). The van der Waals surface area contributed by atoms with Gasteiger partial charge in [0.1, 0.15) is 0 Å². The number of carbonyl (C=O) groups excluding carboxylic acids is 1. The Kier molecular flexibility index (Phi) is 4.91. The summed E-state index contributed by atoms with van der Waals surface area (Å²) in [4.78, 5) is 17.4. The molecule has 0 saturated carbocycles. The van der Waals surface area contributed by atoms with E-state index in [2.05, 4.69) is 11.0 Å². The fraction of sp³-hybridized carbons (Fsp3) is 0.381. The average Bonchev–Trinajstić information content (AvgIpc) is 2.68. The molecule has 0 aliphatic carbocycles. The monoisotopic (exact) mass is 351 g/mol. The maximum atomic E-state index is 13.2. The van der Waals surface area contributed by atoms with Crippen LogP contribution in [0.1, 0.15) is 27.9 Å². The van der Waals surface area contributed by atoms with E-state index in [1.165, 1.54) is 5.56 Å². The zero-order valence-corrected chi connectivity index (χ0v) is 15.0. The third kappa shape index (κ3) is 3.45. The van der Waals surface area contributed by atoms with Crippen LogP contribution < -0.4 is 10.6 Å². The second kappa shape index (κ2) is 7.48. The van der Waals surface area contributed by atoms with Gasteiger partial charge in [0, 0.05) is 43.1 Å². The smallest absolute Gasteiger partial charge is 0.258 e. The summed E-state index contributed by atoms with van der Waals surface area (Å²) in [7, 11) is 0. The molecule has 2 heterocycles. The third-order valence-electron chi connectivity index (χ3n) is 5.22. The number of morpholine rings is 1. The van der Waals surface area contributed by atoms with Crippen molar-refractivity contribution in [1.82, 2.24) is 4.90 Å². The number of nitrogens with two attached hydrogens (primary N) is 1. The standard InChI is InChI=1S/C21H25N3O2/c22-19-7-2-8-20-18(19)6-3-9-24(20)21(25)17-5-1-4-16(14-17)15-23-10-12-26-13-11-23/h1-2,4-5,7-8,14H,3,6,9-13,15,22H2. The lowest BCUT2D eigenvalue weighted by atomic mass is 9.98. The first-order valence-electron chi connectivity index (χ1n) is 9.30. The van der Waals surface area contributed by atoms with Crippen LogP contribution in [0.2, 0.25) is 0 Å². The lowest BCUT2D eigenvalue weighted by Gasteiger charge is -2.30. The maximum Gasteiger partial charge on any atom is 0.258 e. The number of anilines is 2. The van der Waals surface area contributed by atoms with E-state index in [4.69, 9.17) is 10.5 Å². The molecule has 1 fully saturated rings. The second-order valence-electron chi connectivity index (χ2n) is 6.99. The molecule has 5 nitrogen and oxygen atoms in total. The highest BCUT2D eigenvalue weighted by molar-refractivity contribution is 6.07. The summed E-state index contributed by atoms with van der Waals surface area (Å²) in [5, 5.41) is 0. The molecule has 136 valence electrons. The van der Waals surface area contributed by atoms with Crippen molar-refractivity contribution < 1.29 is 9.53 Å². The van der Waals surface area contributed by atoms with Crippen molar-refractivity contribution in [3.63, 3.8) is 0 Å². The molecule has 2 aliphatic rings. The quantitative estimate of drug-likeness (QED) is 0.864. The molecule has 1 amide bonds. The zero-order chi connectivity index (χ0) is 17.9. The number of rotatable bonds is 3. The van der Waals surface area contributed by atoms with Crippen LogP contribution in [0.15, 0.2) is 42.5 Å². The van der Waals surface area contributed by atoms with Crippen LogP contribution in [0.25, 0.3) is 0 Å². The van der Waals surface area contributed by atoms with Crippen molar-refractivity contribution in [3.05, 3.63) is 59.2 Å². The molecule has 26 heavy (non-hydrogen) atoms. The molecule has 2 aromatic rings. The molecule has 2 N–H and O–H groups in total. The summed E-state index contributed by atoms with van der Waals surface area (Å²) >= 11 is 0. The summed E-state index contributed by atoms with van der Waals surface area (Å²) in [5.41, 5.74) is 10.9. The molecule has 2 aliphatic heterocycles. The predicted octanol–water partition coefficient (Wildman–Crippen LogP) is 2.69. The van der Waals surface area contributed by atoms with Gasteiger partial charge in [-0.3, -0.25) is 9.69 Å². The van der Waals surface area contributed by atoms with Gasteiger partial charge in [-0.05, 0) is 48.2 Å². The largest absolute Gasteiger partial charge is 0.398 e. The van der Waals surface area contributed by atoms with Crippen molar-refractivity contribution in [1.29, 1.82) is 0 Å². The van der Waals surface area contributed by atoms with Gasteiger partial charge in [-0.2, -0.15) is 0 Å². The van der Waals surface area contributed by atoms with Crippen LogP contribution in [0.3, 0.4) is 0 Å². The van der Waals surface area contributed by atoms with Crippen LogP contribution in [0, 0.1) is 0 Å². The Morgan fingerprint density at radius 1 is 1.08 bits per heavy atom. The fourth-order valence-electron chi connectivity index (χ4n) is 3.84. The highest BCUT2D eigenvalue weighted by atomic mass is 16.5. The van der Waals surface area contributed by atoms with Crippen molar-refractivity contribution in [2.24, 2.45) is 0 Å². The molecule has 0 spiro atoms. The van der Waals surface area contributed by atoms with E-state index in [-0.39, 0.29) is 5.91 Å². The van der Waals surface area contributed by atoms with Gasteiger partial charge < -0.3 is 15.4 Å². The predicted molar refractivity (Wildman–Crippen MR) is 103 cm³/mol. The molecule has 0 aromatic heterocycles. The number of hydrogen-bond donors (Lipinski definition) is 1. The molecule has 0 atom stereocenters. The van der Waals surface area contributed by atoms with Crippen molar-refractivity contribution >= 4 is 17.3 Å². The van der Waals surface area contributed by atoms with Gasteiger partial charge in [-0.25, -0.2) is 0 Å². The summed E-state index contributed by atoms with van der Waals surface area (Å²) in [6.07, 6.45) is 1.88. The third-order valence-corrected chi connectivity index (χ3v) is 5.22. The van der Waals surface area contributed by atoms with Crippen LogP contribution in [0.4, 0.5) is 11.4 Å². The first kappa shape index (κ1) is 17.1. The van der Waals surface area contributed by atoms with Crippen molar-refractivity contribution in [2.45, 2.75) is 19.4 Å². The summed E-state index contributed by atoms with van der Waals surface area (Å²) < 4.78 is 5.41. The Hall–Kier alpha value is -2.37. The Labute approximate surface area is 154 Å². The number of benzene rings is 2. The van der Waals surface area contributed by atoms with E-state index in [1.807, 2.05) is 41.3 Å². The molecule has 0 unspecified atom stereocenters. The minimum atomic E-state index is 0.0559. The lowest BCUT2D eigenvalue weighted by Crippen LogP contribution is -2.36. The molecule has 5 heteroatoms. The summed E-state index contributed by atoms with van der Waals surface area (Å²) in [5.74, 6) is 0.0559. The summed E-state index contributed by atoms with van der Waals surface area (Å²) in [6, 6.07) is 13.8. The second-order valence-corrected chi connectivity index (χ2v) is 6.99. The first-order valence-corrected chi connectivity index (χ1v) is 9.30. The average molecular weight is 351 g/mol. The minimum absolute atomic E-state index is 0.0559. The lowest BCUT2D eigenvalue weighted by molar-refractivity contribution is 0.0342. The normalized spacial score (nSPS) is 17.8. The number of nitrogens with zero attached hydrogens (tertiary/aromatic N) is 2. The van der Waals surface area contributed by atoms with Crippen LogP contribution in [0.5, 0.6) is 0 Å². The Bertz CT molecular complexity index is 800. The van der Waals surface area contributed by atoms with Gasteiger partial charge >= 0.3 is 0 Å². The number of fused-ring (bicyclic) bond motifs is 1. The van der Waals surface area contributed by atoms with Gasteiger partial charge in [0.2, 0.25) is 0 Å². The highest BCUT2D eigenvalue weighted by Gasteiger charge is 2.25. The Balaban J connectivity index is 1.56. The molecule has 0 bridgehead atoms. The fourth-order valence-corrected chi connectivity index (χ4v) is 3.84. The van der Waals surface area contributed by atoms with E-state index in [9.17, 15) is 4.79 Å². The Morgan fingerprint density at radius 2 is 1.88 bits per heavy atom. The number of ether oxygens (including phenoxy) is 1. The van der Waals surface area contributed by atoms with Gasteiger partial charge in [0.15, 0.2) is 0 Å². The van der Waals surface area contributed by atoms with Gasteiger partial charge in [0.05, 0.1) is 13.2 Å². The molecular formula is C21H25N3O2. The topological polar surface area (TPSA) is 58.8 Å². The Morgan fingerprint density at radius 3 is 2.73 bits per heavy atom. The van der Waals surface area contributed by atoms with Gasteiger partial charge in [-0.1, -0.05) is 18.2 Å². The van der Waals surface area contributed by atoms with Crippen LogP contribution >= 0.6 is 0 Å². The van der Waals surface area contributed by atoms with E-state index < -0.39 is 0 Å². The number of hydrogen-bond acceptors (Lipinski definition) is 4. The van der Waals surface area contributed by atoms with E-state index >= 15 is 0 Å². The van der Waals surface area contributed by atoms with E-state index in [1.54, 1.807) is 0 Å². The molecular weight excluding hydrogens is 326 g/mol. The molecule has 2 aromatic carbocycles. The zero-order valence-electron chi connectivity index (χ0n) is 15.0. The van der Waals surface area contributed by atoms with Crippen molar-refractivity contribution in [2.75, 3.05) is 43.5 Å². The van der Waals surface area contributed by atoms with Crippen molar-refractivity contribution in [3.8, 4) is 0 Å².